The van der Waals surface area contributed by atoms with Crippen LogP contribution in [0.2, 0.25) is 0 Å². The Balaban J connectivity index is 1.93. The zero-order valence-electron chi connectivity index (χ0n) is 16.0. The fourth-order valence-corrected chi connectivity index (χ4v) is 3.08. The number of carbonyl (C=O) groups excluding carboxylic acids is 1. The van der Waals surface area contributed by atoms with E-state index in [0.29, 0.717) is 18.1 Å². The van der Waals surface area contributed by atoms with Crippen LogP contribution in [0.4, 0.5) is 0 Å². The molecule has 1 heterocycles. The molecule has 0 unspecified atom stereocenters. The summed E-state index contributed by atoms with van der Waals surface area (Å²) in [5.41, 5.74) is 5.95. The number of amides is 1. The number of hydrazine groups is 1. The van der Waals surface area contributed by atoms with Gasteiger partial charge in [0.15, 0.2) is 11.5 Å². The number of rotatable bonds is 6. The maximum Gasteiger partial charge on any atom is 0.238 e. The van der Waals surface area contributed by atoms with Gasteiger partial charge in [0.25, 0.3) is 0 Å². The van der Waals surface area contributed by atoms with Crippen LogP contribution in [0.25, 0.3) is 5.70 Å². The van der Waals surface area contributed by atoms with E-state index in [1.165, 1.54) is 0 Å². The van der Waals surface area contributed by atoms with Crippen molar-refractivity contribution in [1.29, 1.82) is 0 Å². The fourth-order valence-electron chi connectivity index (χ4n) is 3.08. The molecule has 0 fully saturated rings. The van der Waals surface area contributed by atoms with Crippen LogP contribution in [0.5, 0.6) is 17.2 Å². The summed E-state index contributed by atoms with van der Waals surface area (Å²) in [5, 5.41) is 1.61. The van der Waals surface area contributed by atoms with Crippen LogP contribution in [0, 0.1) is 0 Å². The highest BCUT2D eigenvalue weighted by Gasteiger charge is 2.29. The zero-order valence-corrected chi connectivity index (χ0v) is 16.0. The van der Waals surface area contributed by atoms with Crippen LogP contribution in [-0.4, -0.2) is 31.7 Å². The van der Waals surface area contributed by atoms with Crippen molar-refractivity contribution in [2.45, 2.75) is 19.9 Å². The van der Waals surface area contributed by atoms with Crippen molar-refractivity contribution >= 4 is 11.6 Å². The molecule has 142 valence electrons. The normalized spacial score (nSPS) is 15.8. The Kier molecular flexibility index (Phi) is 5.54. The minimum Gasteiger partial charge on any atom is -0.494 e. The number of hydrogen-bond donors (Lipinski definition) is 1. The zero-order chi connectivity index (χ0) is 19.4. The van der Waals surface area contributed by atoms with Gasteiger partial charge in [-0.25, -0.2) is 5.01 Å². The number of carbonyl (C=O) groups is 1. The predicted octanol–water partition coefficient (Wildman–Crippen LogP) is 3.55. The second kappa shape index (κ2) is 8.03. The maximum absolute atomic E-state index is 12.2. The van der Waals surface area contributed by atoms with Gasteiger partial charge in [-0.2, -0.15) is 0 Å². The lowest BCUT2D eigenvalue weighted by molar-refractivity contribution is -0.132. The Labute approximate surface area is 159 Å². The van der Waals surface area contributed by atoms with Gasteiger partial charge in [0.05, 0.1) is 32.6 Å². The summed E-state index contributed by atoms with van der Waals surface area (Å²) < 4.78 is 16.2. The van der Waals surface area contributed by atoms with Gasteiger partial charge in [-0.05, 0) is 48.9 Å². The van der Waals surface area contributed by atoms with E-state index in [0.717, 1.165) is 22.6 Å². The Morgan fingerprint density at radius 3 is 2.37 bits per heavy atom. The van der Waals surface area contributed by atoms with Crippen molar-refractivity contribution in [3.8, 4) is 17.2 Å². The molecular formula is C21H24N2O4. The second-order valence-electron chi connectivity index (χ2n) is 6.10. The molecule has 6 nitrogen and oxygen atoms in total. The lowest BCUT2D eigenvalue weighted by Crippen LogP contribution is -2.37. The Bertz CT molecular complexity index is 846. The molecule has 1 aliphatic heterocycles. The van der Waals surface area contributed by atoms with Crippen LogP contribution < -0.4 is 19.6 Å². The molecule has 0 radical (unpaired) electrons. The van der Waals surface area contributed by atoms with E-state index in [1.54, 1.807) is 26.2 Å². The van der Waals surface area contributed by atoms with Crippen molar-refractivity contribution in [3.05, 3.63) is 59.7 Å². The molecule has 1 amide bonds. The molecule has 1 aliphatic rings. The van der Waals surface area contributed by atoms with E-state index in [-0.39, 0.29) is 11.9 Å². The average Bonchev–Trinajstić information content (AvgIpc) is 3.14. The highest BCUT2D eigenvalue weighted by Crippen LogP contribution is 2.35. The molecular weight excluding hydrogens is 344 g/mol. The predicted molar refractivity (Wildman–Crippen MR) is 104 cm³/mol. The van der Waals surface area contributed by atoms with Crippen LogP contribution in [0.15, 0.2) is 48.5 Å². The van der Waals surface area contributed by atoms with Crippen LogP contribution in [-0.2, 0) is 4.79 Å². The van der Waals surface area contributed by atoms with Gasteiger partial charge in [-0.3, -0.25) is 10.2 Å². The minimum absolute atomic E-state index is 0.0689. The van der Waals surface area contributed by atoms with Crippen molar-refractivity contribution in [3.63, 3.8) is 0 Å². The first kappa shape index (κ1) is 18.6. The van der Waals surface area contributed by atoms with Gasteiger partial charge in [0, 0.05) is 12.5 Å². The third-order valence-corrected chi connectivity index (χ3v) is 4.41. The van der Waals surface area contributed by atoms with Gasteiger partial charge in [-0.15, -0.1) is 0 Å². The SMILES string of the molecule is CCOc1ccc([C@@H]2C=C(c3ccc(OC)c(OC)c3)NN2C(C)=O)cc1. The summed E-state index contributed by atoms with van der Waals surface area (Å²) in [7, 11) is 3.20. The number of nitrogens with zero attached hydrogens (tertiary/aromatic N) is 1. The fraction of sp³-hybridized carbons (Fsp3) is 0.286. The van der Waals surface area contributed by atoms with Crippen molar-refractivity contribution in [1.82, 2.24) is 10.4 Å². The van der Waals surface area contributed by atoms with E-state index in [9.17, 15) is 4.79 Å². The molecule has 0 aromatic heterocycles. The number of methoxy groups -OCH3 is 2. The lowest BCUT2D eigenvalue weighted by atomic mass is 10.0. The van der Waals surface area contributed by atoms with E-state index in [2.05, 4.69) is 5.43 Å². The van der Waals surface area contributed by atoms with Crippen LogP contribution in [0.3, 0.4) is 0 Å². The van der Waals surface area contributed by atoms with Gasteiger partial charge in [0.2, 0.25) is 5.91 Å². The Hall–Kier alpha value is -3.15. The summed E-state index contributed by atoms with van der Waals surface area (Å²) in [6, 6.07) is 13.2. The van der Waals surface area contributed by atoms with Crippen LogP contribution >= 0.6 is 0 Å². The molecule has 1 N–H and O–H groups in total. The first-order chi connectivity index (χ1) is 13.1. The van der Waals surface area contributed by atoms with Gasteiger partial charge < -0.3 is 14.2 Å². The van der Waals surface area contributed by atoms with E-state index >= 15 is 0 Å². The molecule has 27 heavy (non-hydrogen) atoms. The van der Waals surface area contributed by atoms with E-state index in [1.807, 2.05) is 55.5 Å². The number of benzene rings is 2. The Morgan fingerprint density at radius 1 is 1.07 bits per heavy atom. The Morgan fingerprint density at radius 2 is 1.78 bits per heavy atom. The molecule has 2 aromatic carbocycles. The lowest BCUT2D eigenvalue weighted by Gasteiger charge is -2.24. The number of hydrogen-bond acceptors (Lipinski definition) is 5. The average molecular weight is 368 g/mol. The molecule has 3 rings (SSSR count). The molecule has 0 spiro atoms. The second-order valence-corrected chi connectivity index (χ2v) is 6.10. The first-order valence-corrected chi connectivity index (χ1v) is 8.80. The molecule has 0 bridgehead atoms. The summed E-state index contributed by atoms with van der Waals surface area (Å²) in [5.74, 6) is 2.04. The standard InChI is InChI=1S/C21H24N2O4/c1-5-27-17-9-6-15(7-10-17)19-13-18(22-23(19)14(2)24)16-8-11-20(25-3)21(12-16)26-4/h6-13,19,22H,5H2,1-4H3/t19-/m0/s1. The summed E-state index contributed by atoms with van der Waals surface area (Å²) in [6.45, 7) is 4.11. The first-order valence-electron chi connectivity index (χ1n) is 8.80. The summed E-state index contributed by atoms with van der Waals surface area (Å²) >= 11 is 0. The highest BCUT2D eigenvalue weighted by molar-refractivity contribution is 5.79. The van der Waals surface area contributed by atoms with Gasteiger partial charge in [0.1, 0.15) is 5.75 Å². The molecule has 0 saturated heterocycles. The van der Waals surface area contributed by atoms with Gasteiger partial charge >= 0.3 is 0 Å². The van der Waals surface area contributed by atoms with Crippen molar-refractivity contribution in [2.75, 3.05) is 20.8 Å². The number of nitrogens with one attached hydrogen (secondary N) is 1. The molecule has 0 aliphatic carbocycles. The third-order valence-electron chi connectivity index (χ3n) is 4.41. The third kappa shape index (κ3) is 3.84. The highest BCUT2D eigenvalue weighted by atomic mass is 16.5. The summed E-state index contributed by atoms with van der Waals surface area (Å²) in [4.78, 5) is 12.2. The molecule has 2 aromatic rings. The monoisotopic (exact) mass is 368 g/mol. The van der Waals surface area contributed by atoms with E-state index < -0.39 is 0 Å². The largest absolute Gasteiger partial charge is 0.494 e. The molecule has 1 atom stereocenters. The van der Waals surface area contributed by atoms with Crippen molar-refractivity contribution in [2.24, 2.45) is 0 Å². The summed E-state index contributed by atoms with van der Waals surface area (Å²) in [6.07, 6.45) is 2.03. The van der Waals surface area contributed by atoms with E-state index in [4.69, 9.17) is 14.2 Å². The topological polar surface area (TPSA) is 60.0 Å². The smallest absolute Gasteiger partial charge is 0.238 e. The molecule has 0 saturated carbocycles. The van der Waals surface area contributed by atoms with Crippen LogP contribution in [0.1, 0.15) is 31.0 Å². The number of ether oxygens (including phenoxy) is 3. The maximum atomic E-state index is 12.2. The minimum atomic E-state index is -0.207. The quantitative estimate of drug-likeness (QED) is 0.845. The molecule has 6 heteroatoms. The van der Waals surface area contributed by atoms with Crippen molar-refractivity contribution < 1.29 is 19.0 Å². The van der Waals surface area contributed by atoms with Gasteiger partial charge in [-0.1, -0.05) is 12.1 Å².